The molecule has 0 aromatic carbocycles. The third-order valence-electron chi connectivity index (χ3n) is 0.784. The second-order valence-electron chi connectivity index (χ2n) is 1.90. The molecular formula is C7H12O2S. The van der Waals surface area contributed by atoms with Crippen LogP contribution < -0.4 is 0 Å². The van der Waals surface area contributed by atoms with E-state index in [0.717, 1.165) is 0 Å². The first-order valence-electron chi connectivity index (χ1n) is 2.82. The van der Waals surface area contributed by atoms with E-state index in [4.69, 9.17) is 0 Å². The van der Waals surface area contributed by atoms with E-state index in [2.05, 4.69) is 17.2 Å². The molecule has 58 valence electrons. The quantitative estimate of drug-likeness (QED) is 0.343. The Morgan fingerprint density at radius 3 is 2.50 bits per heavy atom. The highest BCUT2D eigenvalue weighted by atomic mass is 32.2. The van der Waals surface area contributed by atoms with Crippen LogP contribution in [0.4, 0.5) is 0 Å². The van der Waals surface area contributed by atoms with Gasteiger partial charge >= 0.3 is 5.97 Å². The van der Waals surface area contributed by atoms with Crippen molar-refractivity contribution in [3.63, 3.8) is 0 Å². The maximum absolute atomic E-state index is 10.5. The lowest BCUT2D eigenvalue weighted by Crippen LogP contribution is -1.93. The summed E-state index contributed by atoms with van der Waals surface area (Å²) in [7, 11) is 1.61. The van der Waals surface area contributed by atoms with Gasteiger partial charge in [0.05, 0.1) is 7.11 Å². The lowest BCUT2D eigenvalue weighted by Gasteiger charge is -1.87. The molecule has 0 rings (SSSR count). The van der Waals surface area contributed by atoms with Gasteiger partial charge in [0.25, 0.3) is 0 Å². The summed E-state index contributed by atoms with van der Waals surface area (Å²) in [6.07, 6.45) is 7.27. The Morgan fingerprint density at radius 2 is 2.10 bits per heavy atom. The first-order valence-corrected chi connectivity index (χ1v) is 4.93. The lowest BCUT2D eigenvalue weighted by molar-refractivity contribution is -0.134. The van der Waals surface area contributed by atoms with E-state index in [1.54, 1.807) is 6.08 Å². The molecule has 3 heteroatoms. The fourth-order valence-electron chi connectivity index (χ4n) is 0.343. The van der Waals surface area contributed by atoms with E-state index in [1.807, 2.05) is 5.37 Å². The largest absolute Gasteiger partial charge is 0.466 e. The van der Waals surface area contributed by atoms with Crippen LogP contribution in [-0.2, 0) is 9.53 Å². The highest BCUT2D eigenvalue weighted by Gasteiger charge is 1.86. The Kier molecular flexibility index (Phi) is 4.94. The van der Waals surface area contributed by atoms with Gasteiger partial charge in [0.15, 0.2) is 0 Å². The van der Waals surface area contributed by atoms with Gasteiger partial charge in [-0.2, -0.15) is 10.5 Å². The number of carbonyl (C=O) groups excluding carboxylic acids is 1. The van der Waals surface area contributed by atoms with E-state index in [1.165, 1.54) is 13.2 Å². The van der Waals surface area contributed by atoms with Crippen LogP contribution in [0, 0.1) is 0 Å². The molecule has 0 aliphatic heterocycles. The van der Waals surface area contributed by atoms with Gasteiger partial charge in [0.2, 0.25) is 0 Å². The van der Waals surface area contributed by atoms with Crippen molar-refractivity contribution >= 4 is 21.8 Å². The van der Waals surface area contributed by atoms with E-state index in [-0.39, 0.29) is 16.5 Å². The zero-order chi connectivity index (χ0) is 7.98. The summed E-state index contributed by atoms with van der Waals surface area (Å²) < 4.78 is 4.39. The van der Waals surface area contributed by atoms with Crippen molar-refractivity contribution in [2.45, 2.75) is 0 Å². The van der Waals surface area contributed by atoms with Crippen LogP contribution in [0.1, 0.15) is 0 Å². The second kappa shape index (κ2) is 5.23. The van der Waals surface area contributed by atoms with Crippen LogP contribution in [0.3, 0.4) is 0 Å². The van der Waals surface area contributed by atoms with E-state index < -0.39 is 0 Å². The van der Waals surface area contributed by atoms with Crippen LogP contribution in [0.15, 0.2) is 12.2 Å². The number of hydrogen-bond donors (Lipinski definition) is 0. The average molecular weight is 160 g/mol. The fraction of sp³-hybridized carbons (Fsp3) is 0.429. The molecule has 0 saturated carbocycles. The number of hydrogen-bond acceptors (Lipinski definition) is 2. The first kappa shape index (κ1) is 9.43. The number of carbonyl (C=O) groups is 1. The number of esters is 1. The van der Waals surface area contributed by atoms with Crippen LogP contribution in [0.25, 0.3) is 0 Å². The molecule has 10 heavy (non-hydrogen) atoms. The molecule has 0 radical (unpaired) electrons. The Morgan fingerprint density at radius 1 is 1.50 bits per heavy atom. The van der Waals surface area contributed by atoms with Crippen molar-refractivity contribution in [2.75, 3.05) is 19.6 Å². The van der Waals surface area contributed by atoms with Crippen molar-refractivity contribution in [3.05, 3.63) is 12.2 Å². The summed E-state index contributed by atoms with van der Waals surface area (Å²) in [5, 5.41) is 1.96. The molecule has 2 nitrogen and oxygen atoms in total. The molecule has 0 aromatic heterocycles. The number of methoxy groups -OCH3 is 1. The predicted molar refractivity (Wildman–Crippen MR) is 46.7 cm³/mol. The predicted octanol–water partition coefficient (Wildman–Crippen LogP) is 1.05. The van der Waals surface area contributed by atoms with Gasteiger partial charge in [-0.05, 0) is 24.0 Å². The maximum Gasteiger partial charge on any atom is 0.330 e. The van der Waals surface area contributed by atoms with Gasteiger partial charge in [-0.3, -0.25) is 0 Å². The molecule has 0 atom stereocenters. The molecule has 0 aliphatic rings. The van der Waals surface area contributed by atoms with Crippen molar-refractivity contribution in [1.29, 1.82) is 0 Å². The van der Waals surface area contributed by atoms with Gasteiger partial charge < -0.3 is 4.74 Å². The van der Waals surface area contributed by atoms with Crippen LogP contribution in [0.5, 0.6) is 0 Å². The number of allylic oxidation sites excluding steroid dienone is 1. The second-order valence-corrected chi connectivity index (χ2v) is 3.93. The first-order chi connectivity index (χ1) is 4.66. The van der Waals surface area contributed by atoms with Crippen molar-refractivity contribution in [3.8, 4) is 0 Å². The van der Waals surface area contributed by atoms with Gasteiger partial charge in [-0.25, -0.2) is 4.79 Å². The zero-order valence-corrected chi connectivity index (χ0v) is 7.27. The van der Waals surface area contributed by atoms with Gasteiger partial charge in [0.1, 0.15) is 0 Å². The SMILES string of the molecule is COC(=O)/C=C/C=S(C)C. The third-order valence-corrected chi connectivity index (χ3v) is 1.49. The summed E-state index contributed by atoms with van der Waals surface area (Å²) >= 11 is 0. The highest BCUT2D eigenvalue weighted by Crippen LogP contribution is 1.94. The van der Waals surface area contributed by atoms with Gasteiger partial charge in [0, 0.05) is 6.08 Å². The molecule has 0 fully saturated rings. The summed E-state index contributed by atoms with van der Waals surface area (Å²) in [6, 6.07) is 0. The van der Waals surface area contributed by atoms with Crippen molar-refractivity contribution < 1.29 is 9.53 Å². The van der Waals surface area contributed by atoms with E-state index in [9.17, 15) is 4.79 Å². The summed E-state index contributed by atoms with van der Waals surface area (Å²) in [5.74, 6) is -0.304. The standard InChI is InChI=1S/C7H12O2S/c1-9-7(8)5-4-6-10(2)3/h4-6H,1-3H3/b5-4+. The monoisotopic (exact) mass is 160 g/mol. The molecule has 0 aliphatic carbocycles. The summed E-state index contributed by atoms with van der Waals surface area (Å²) in [6.45, 7) is 0. The molecule has 0 saturated heterocycles. The Balaban J connectivity index is 3.77. The summed E-state index contributed by atoms with van der Waals surface area (Å²) in [4.78, 5) is 10.5. The average Bonchev–Trinajstić information content (AvgIpc) is 1.87. The molecule has 0 amide bonds. The van der Waals surface area contributed by atoms with Crippen molar-refractivity contribution in [2.24, 2.45) is 0 Å². The third kappa shape index (κ3) is 5.56. The number of ether oxygens (including phenoxy) is 1. The minimum absolute atomic E-state index is 0.246. The molecule has 0 N–H and O–H groups in total. The van der Waals surface area contributed by atoms with Crippen LogP contribution in [-0.4, -0.2) is 31.0 Å². The smallest absolute Gasteiger partial charge is 0.330 e. The van der Waals surface area contributed by atoms with Gasteiger partial charge in [-0.15, -0.1) is 0 Å². The Hall–Kier alpha value is -0.570. The van der Waals surface area contributed by atoms with Crippen molar-refractivity contribution in [1.82, 2.24) is 0 Å². The topological polar surface area (TPSA) is 26.3 Å². The number of rotatable bonds is 2. The van der Waals surface area contributed by atoms with Gasteiger partial charge in [-0.1, -0.05) is 0 Å². The van der Waals surface area contributed by atoms with E-state index in [0.29, 0.717) is 0 Å². The van der Waals surface area contributed by atoms with E-state index >= 15 is 0 Å². The normalized spacial score (nSPS) is 10.4. The molecule has 0 spiro atoms. The lowest BCUT2D eigenvalue weighted by atomic mass is 10.5. The van der Waals surface area contributed by atoms with Crippen LogP contribution >= 0.6 is 10.5 Å². The zero-order valence-electron chi connectivity index (χ0n) is 6.46. The molecular weight excluding hydrogens is 148 g/mol. The minimum Gasteiger partial charge on any atom is -0.466 e. The fourth-order valence-corrected chi connectivity index (χ4v) is 0.736. The Bertz CT molecular complexity index is 166. The Labute approximate surface area is 63.8 Å². The molecule has 0 heterocycles. The highest BCUT2D eigenvalue weighted by molar-refractivity contribution is 8.14. The molecule has 0 bridgehead atoms. The molecule has 0 aromatic rings. The minimum atomic E-state index is -0.304. The van der Waals surface area contributed by atoms with Crippen LogP contribution in [0.2, 0.25) is 0 Å². The molecule has 0 unspecified atom stereocenters. The summed E-state index contributed by atoms with van der Waals surface area (Å²) in [5.41, 5.74) is 0. The maximum atomic E-state index is 10.5.